The SMILES string of the molecule is Cc1c[nH]c(C)c1-c1cc(-c2c(C)noc2C)cc2[nH]c(C3CC3)[n+](C)c12. The van der Waals surface area contributed by atoms with E-state index in [0.29, 0.717) is 5.92 Å². The number of imidazole rings is 1. The predicted molar refractivity (Wildman–Crippen MR) is 106 cm³/mol. The molecule has 0 aliphatic heterocycles. The minimum atomic E-state index is 0.659. The zero-order valence-electron chi connectivity index (χ0n) is 16.5. The molecule has 0 radical (unpaired) electrons. The molecule has 0 unspecified atom stereocenters. The van der Waals surface area contributed by atoms with Crippen molar-refractivity contribution in [2.75, 3.05) is 0 Å². The molecule has 0 bridgehead atoms. The molecule has 4 aromatic rings. The van der Waals surface area contributed by atoms with Gasteiger partial charge in [0.2, 0.25) is 0 Å². The number of fused-ring (bicyclic) bond motifs is 1. The maximum absolute atomic E-state index is 5.45. The molecule has 0 spiro atoms. The Labute approximate surface area is 158 Å². The average Bonchev–Trinajstić information content (AvgIpc) is 3.24. The van der Waals surface area contributed by atoms with Gasteiger partial charge >= 0.3 is 0 Å². The van der Waals surface area contributed by atoms with Gasteiger partial charge in [0, 0.05) is 28.6 Å². The van der Waals surface area contributed by atoms with Gasteiger partial charge in [-0.2, -0.15) is 0 Å². The van der Waals surface area contributed by atoms with E-state index in [0.717, 1.165) is 22.6 Å². The normalized spacial score (nSPS) is 14.4. The molecule has 138 valence electrons. The summed E-state index contributed by atoms with van der Waals surface area (Å²) in [6, 6.07) is 4.54. The lowest BCUT2D eigenvalue weighted by Crippen LogP contribution is -2.31. The van der Waals surface area contributed by atoms with Gasteiger partial charge in [-0.3, -0.25) is 0 Å². The first kappa shape index (κ1) is 16.4. The second-order valence-electron chi connectivity index (χ2n) is 7.93. The number of rotatable bonds is 3. The number of aromatic nitrogens is 4. The number of aromatic amines is 2. The van der Waals surface area contributed by atoms with Crippen molar-refractivity contribution in [1.29, 1.82) is 0 Å². The van der Waals surface area contributed by atoms with Gasteiger partial charge in [0.25, 0.3) is 5.82 Å². The fourth-order valence-electron chi connectivity index (χ4n) is 4.47. The van der Waals surface area contributed by atoms with Crippen LogP contribution in [-0.4, -0.2) is 15.1 Å². The molecule has 5 rings (SSSR count). The molecule has 5 heteroatoms. The second-order valence-corrected chi connectivity index (χ2v) is 7.93. The molecule has 1 aromatic carbocycles. The second kappa shape index (κ2) is 5.59. The molecule has 1 saturated carbocycles. The highest BCUT2D eigenvalue weighted by molar-refractivity contribution is 5.96. The van der Waals surface area contributed by atoms with Crippen LogP contribution < -0.4 is 4.57 Å². The first-order valence-electron chi connectivity index (χ1n) is 9.59. The van der Waals surface area contributed by atoms with Crippen molar-refractivity contribution < 1.29 is 9.09 Å². The lowest BCUT2D eigenvalue weighted by Gasteiger charge is -2.08. The number of nitrogens with one attached hydrogen (secondary N) is 2. The van der Waals surface area contributed by atoms with Crippen LogP contribution in [0.2, 0.25) is 0 Å². The fraction of sp³-hybridized carbons (Fsp3) is 0.364. The molecule has 3 heterocycles. The minimum absolute atomic E-state index is 0.659. The van der Waals surface area contributed by atoms with E-state index in [1.807, 2.05) is 13.8 Å². The summed E-state index contributed by atoms with van der Waals surface area (Å²) in [4.78, 5) is 7.10. The summed E-state index contributed by atoms with van der Waals surface area (Å²) in [6.45, 7) is 8.30. The molecular formula is C22H25N4O+. The molecule has 0 saturated heterocycles. The van der Waals surface area contributed by atoms with Crippen LogP contribution in [0.5, 0.6) is 0 Å². The van der Waals surface area contributed by atoms with E-state index in [1.165, 1.54) is 52.1 Å². The van der Waals surface area contributed by atoms with Crippen LogP contribution >= 0.6 is 0 Å². The minimum Gasteiger partial charge on any atom is -0.364 e. The van der Waals surface area contributed by atoms with Crippen LogP contribution in [-0.2, 0) is 7.05 Å². The van der Waals surface area contributed by atoms with Gasteiger partial charge in [-0.1, -0.05) is 5.16 Å². The Balaban J connectivity index is 1.88. The largest absolute Gasteiger partial charge is 0.364 e. The number of benzene rings is 1. The van der Waals surface area contributed by atoms with Crippen LogP contribution in [0.25, 0.3) is 33.3 Å². The predicted octanol–water partition coefficient (Wildman–Crippen LogP) is 4.75. The third-order valence-electron chi connectivity index (χ3n) is 5.90. The van der Waals surface area contributed by atoms with Crippen molar-refractivity contribution in [2.45, 2.75) is 46.5 Å². The lowest BCUT2D eigenvalue weighted by atomic mass is 9.95. The third-order valence-corrected chi connectivity index (χ3v) is 5.90. The highest BCUT2D eigenvalue weighted by Gasteiger charge is 2.35. The van der Waals surface area contributed by atoms with Crippen molar-refractivity contribution >= 4 is 11.0 Å². The molecule has 5 nitrogen and oxygen atoms in total. The molecule has 2 N–H and O–H groups in total. The average molecular weight is 361 g/mol. The van der Waals surface area contributed by atoms with Crippen LogP contribution in [0.1, 0.15) is 47.3 Å². The Morgan fingerprint density at radius 1 is 1.11 bits per heavy atom. The first-order valence-corrected chi connectivity index (χ1v) is 9.59. The molecule has 1 aliphatic rings. The van der Waals surface area contributed by atoms with Crippen molar-refractivity contribution in [3.8, 4) is 22.3 Å². The number of nitrogens with zero attached hydrogens (tertiary/aromatic N) is 2. The highest BCUT2D eigenvalue weighted by Crippen LogP contribution is 2.41. The van der Waals surface area contributed by atoms with E-state index in [2.05, 4.69) is 58.9 Å². The molecule has 27 heavy (non-hydrogen) atoms. The van der Waals surface area contributed by atoms with E-state index >= 15 is 0 Å². The third kappa shape index (κ3) is 2.37. The maximum Gasteiger partial charge on any atom is 0.258 e. The Morgan fingerprint density at radius 3 is 2.48 bits per heavy atom. The number of aryl methyl sites for hydroxylation is 5. The summed E-state index contributed by atoms with van der Waals surface area (Å²) in [5.41, 5.74) is 10.6. The quantitative estimate of drug-likeness (QED) is 0.517. The van der Waals surface area contributed by atoms with Gasteiger partial charge < -0.3 is 9.51 Å². The standard InChI is InChI=1S/C22H24N4O/c1-11-10-23-12(2)19(11)17-8-16(20-13(3)25-27-14(20)4)9-18-21(17)26(5)22(24-18)15-6-7-15/h8-10,15,23H,6-7H2,1-5H3/p+1. The topological polar surface area (TPSA) is 61.5 Å². The monoisotopic (exact) mass is 361 g/mol. The molecular weight excluding hydrogens is 336 g/mol. The van der Waals surface area contributed by atoms with E-state index in [9.17, 15) is 0 Å². The van der Waals surface area contributed by atoms with Crippen molar-refractivity contribution in [1.82, 2.24) is 15.1 Å². The fourth-order valence-corrected chi connectivity index (χ4v) is 4.47. The van der Waals surface area contributed by atoms with Crippen molar-refractivity contribution in [3.63, 3.8) is 0 Å². The van der Waals surface area contributed by atoms with Crippen LogP contribution in [0.3, 0.4) is 0 Å². The van der Waals surface area contributed by atoms with Crippen LogP contribution in [0, 0.1) is 27.7 Å². The van der Waals surface area contributed by atoms with Gasteiger partial charge in [-0.25, -0.2) is 9.55 Å². The van der Waals surface area contributed by atoms with Gasteiger partial charge in [0.05, 0.1) is 18.7 Å². The van der Waals surface area contributed by atoms with Gasteiger partial charge in [-0.05, 0) is 63.8 Å². The summed E-state index contributed by atoms with van der Waals surface area (Å²) < 4.78 is 7.80. The zero-order valence-corrected chi connectivity index (χ0v) is 16.5. The zero-order chi connectivity index (χ0) is 18.9. The van der Waals surface area contributed by atoms with Gasteiger partial charge in [-0.15, -0.1) is 0 Å². The summed E-state index contributed by atoms with van der Waals surface area (Å²) in [5, 5.41) is 4.16. The summed E-state index contributed by atoms with van der Waals surface area (Å²) in [5.74, 6) is 2.85. The van der Waals surface area contributed by atoms with Gasteiger partial charge in [0.1, 0.15) is 5.76 Å². The Morgan fingerprint density at radius 2 is 1.89 bits per heavy atom. The lowest BCUT2D eigenvalue weighted by molar-refractivity contribution is -0.652. The van der Waals surface area contributed by atoms with Crippen LogP contribution in [0.15, 0.2) is 22.9 Å². The van der Waals surface area contributed by atoms with Gasteiger partial charge in [0.15, 0.2) is 11.0 Å². The Kier molecular flexibility index (Phi) is 3.39. The van der Waals surface area contributed by atoms with E-state index < -0.39 is 0 Å². The first-order chi connectivity index (χ1) is 13.0. The van der Waals surface area contributed by atoms with E-state index in [-0.39, 0.29) is 0 Å². The maximum atomic E-state index is 5.45. The van der Waals surface area contributed by atoms with Crippen LogP contribution in [0.4, 0.5) is 0 Å². The van der Waals surface area contributed by atoms with E-state index in [1.54, 1.807) is 0 Å². The summed E-state index contributed by atoms with van der Waals surface area (Å²) in [7, 11) is 2.18. The molecule has 0 atom stereocenters. The number of hydrogen-bond donors (Lipinski definition) is 2. The molecule has 1 fully saturated rings. The smallest absolute Gasteiger partial charge is 0.258 e. The summed E-state index contributed by atoms with van der Waals surface area (Å²) >= 11 is 0. The van der Waals surface area contributed by atoms with Crippen molar-refractivity contribution in [3.05, 3.63) is 46.9 Å². The number of hydrogen-bond acceptors (Lipinski definition) is 2. The molecule has 1 aliphatic carbocycles. The Hall–Kier alpha value is -2.82. The molecule has 3 aromatic heterocycles. The summed E-state index contributed by atoms with van der Waals surface area (Å²) in [6.07, 6.45) is 4.64. The number of H-pyrrole nitrogens is 2. The Bertz CT molecular complexity index is 1150. The van der Waals surface area contributed by atoms with Crippen molar-refractivity contribution in [2.24, 2.45) is 7.05 Å². The van der Waals surface area contributed by atoms with E-state index in [4.69, 9.17) is 4.52 Å². The molecule has 0 amide bonds. The highest BCUT2D eigenvalue weighted by atomic mass is 16.5.